The van der Waals surface area contributed by atoms with E-state index in [1.165, 1.54) is 0 Å². The van der Waals surface area contributed by atoms with E-state index in [9.17, 15) is 5.11 Å². The quantitative estimate of drug-likeness (QED) is 0.882. The van der Waals surface area contributed by atoms with Gasteiger partial charge in [-0.2, -0.15) is 0 Å². The van der Waals surface area contributed by atoms with Crippen molar-refractivity contribution in [2.75, 3.05) is 32.8 Å². The molecule has 0 saturated carbocycles. The lowest BCUT2D eigenvalue weighted by Gasteiger charge is -2.34. The summed E-state index contributed by atoms with van der Waals surface area (Å²) < 4.78 is 0. The number of piperazine rings is 1. The van der Waals surface area contributed by atoms with Gasteiger partial charge in [-0.3, -0.25) is 4.90 Å². The van der Waals surface area contributed by atoms with E-state index in [1.807, 2.05) is 24.3 Å². The number of nitrogens with zero attached hydrogens (tertiary/aromatic N) is 1. The van der Waals surface area contributed by atoms with Gasteiger partial charge in [0.2, 0.25) is 0 Å². The highest BCUT2D eigenvalue weighted by Gasteiger charge is 2.21. The van der Waals surface area contributed by atoms with E-state index in [1.54, 1.807) is 0 Å². The minimum Gasteiger partial charge on any atom is -0.394 e. The summed E-state index contributed by atoms with van der Waals surface area (Å²) in [6.07, 6.45) is 0. The Balaban J connectivity index is 0.00000144. The molecule has 0 radical (unpaired) electrons. The normalized spacial score (nSPS) is 18.5. The fraction of sp³-hybridized carbons (Fsp3) is 0.500. The molecule has 96 valence electrons. The summed E-state index contributed by atoms with van der Waals surface area (Å²) in [4.78, 5) is 2.29. The van der Waals surface area contributed by atoms with Crippen LogP contribution in [-0.2, 0) is 0 Å². The molecule has 1 aliphatic heterocycles. The van der Waals surface area contributed by atoms with Gasteiger partial charge in [-0.25, -0.2) is 0 Å². The maximum atomic E-state index is 9.52. The number of benzene rings is 1. The molecule has 1 heterocycles. The fourth-order valence-electron chi connectivity index (χ4n) is 2.14. The molecule has 1 atom stereocenters. The Labute approximate surface area is 113 Å². The van der Waals surface area contributed by atoms with E-state index in [-0.39, 0.29) is 25.1 Å². The predicted molar refractivity (Wildman–Crippen MR) is 73.0 cm³/mol. The van der Waals surface area contributed by atoms with Crippen molar-refractivity contribution in [1.82, 2.24) is 10.2 Å². The van der Waals surface area contributed by atoms with Crippen molar-refractivity contribution in [2.24, 2.45) is 0 Å². The first-order valence-electron chi connectivity index (χ1n) is 5.62. The summed E-state index contributed by atoms with van der Waals surface area (Å²) in [7, 11) is 0. The zero-order valence-electron chi connectivity index (χ0n) is 9.60. The van der Waals surface area contributed by atoms with Crippen LogP contribution in [0, 0.1) is 0 Å². The third-order valence-electron chi connectivity index (χ3n) is 3.00. The molecule has 17 heavy (non-hydrogen) atoms. The topological polar surface area (TPSA) is 35.5 Å². The maximum Gasteiger partial charge on any atom is 0.0628 e. The molecule has 0 aliphatic carbocycles. The number of aliphatic hydroxyl groups is 1. The van der Waals surface area contributed by atoms with Crippen LogP contribution in [0.25, 0.3) is 0 Å². The Morgan fingerprint density at radius 3 is 2.65 bits per heavy atom. The Morgan fingerprint density at radius 1 is 1.35 bits per heavy atom. The first-order valence-corrected chi connectivity index (χ1v) is 6.00. The van der Waals surface area contributed by atoms with Crippen LogP contribution in [0.3, 0.4) is 0 Å². The zero-order valence-corrected chi connectivity index (χ0v) is 11.2. The van der Waals surface area contributed by atoms with Crippen LogP contribution < -0.4 is 5.32 Å². The van der Waals surface area contributed by atoms with Gasteiger partial charge < -0.3 is 10.4 Å². The summed E-state index contributed by atoms with van der Waals surface area (Å²) in [5, 5.41) is 13.6. The summed E-state index contributed by atoms with van der Waals surface area (Å²) in [5.74, 6) is 0. The molecule has 5 heteroatoms. The number of hydrogen-bond acceptors (Lipinski definition) is 3. The highest BCUT2D eigenvalue weighted by atomic mass is 35.5. The van der Waals surface area contributed by atoms with Gasteiger partial charge >= 0.3 is 0 Å². The SMILES string of the molecule is Cl.OC[C@@H](c1cccc(Cl)c1)N1CCNCC1. The lowest BCUT2D eigenvalue weighted by atomic mass is 10.1. The van der Waals surface area contributed by atoms with Crippen LogP contribution in [0.4, 0.5) is 0 Å². The first-order chi connectivity index (χ1) is 7.81. The number of halogens is 2. The summed E-state index contributed by atoms with van der Waals surface area (Å²) in [6.45, 7) is 4.05. The van der Waals surface area contributed by atoms with Gasteiger partial charge in [0.25, 0.3) is 0 Å². The molecule has 1 saturated heterocycles. The van der Waals surface area contributed by atoms with Crippen LogP contribution in [0.1, 0.15) is 11.6 Å². The largest absolute Gasteiger partial charge is 0.394 e. The van der Waals surface area contributed by atoms with E-state index in [2.05, 4.69) is 10.2 Å². The monoisotopic (exact) mass is 276 g/mol. The fourth-order valence-corrected chi connectivity index (χ4v) is 2.34. The molecular weight excluding hydrogens is 259 g/mol. The van der Waals surface area contributed by atoms with E-state index < -0.39 is 0 Å². The lowest BCUT2D eigenvalue weighted by molar-refractivity contribution is 0.111. The second-order valence-electron chi connectivity index (χ2n) is 4.04. The van der Waals surface area contributed by atoms with Crippen molar-refractivity contribution in [3.05, 3.63) is 34.9 Å². The molecule has 0 bridgehead atoms. The molecular formula is C12H18Cl2N2O. The molecule has 1 aromatic carbocycles. The average Bonchev–Trinajstić information content (AvgIpc) is 2.31. The zero-order chi connectivity index (χ0) is 11.4. The van der Waals surface area contributed by atoms with Crippen LogP contribution in [0.5, 0.6) is 0 Å². The minimum absolute atomic E-state index is 0. The van der Waals surface area contributed by atoms with Gasteiger partial charge in [0.15, 0.2) is 0 Å². The second kappa shape index (κ2) is 7.19. The van der Waals surface area contributed by atoms with E-state index in [0.717, 1.165) is 36.8 Å². The van der Waals surface area contributed by atoms with E-state index in [0.29, 0.717) is 0 Å². The van der Waals surface area contributed by atoms with Crippen molar-refractivity contribution < 1.29 is 5.11 Å². The number of aliphatic hydroxyl groups excluding tert-OH is 1. The van der Waals surface area contributed by atoms with Gasteiger partial charge in [0.1, 0.15) is 0 Å². The molecule has 1 aliphatic rings. The molecule has 0 amide bonds. The minimum atomic E-state index is 0. The van der Waals surface area contributed by atoms with Crippen LogP contribution in [-0.4, -0.2) is 42.8 Å². The van der Waals surface area contributed by atoms with Crippen molar-refractivity contribution in [2.45, 2.75) is 6.04 Å². The maximum absolute atomic E-state index is 9.52. The van der Waals surface area contributed by atoms with Crippen molar-refractivity contribution in [1.29, 1.82) is 0 Å². The second-order valence-corrected chi connectivity index (χ2v) is 4.48. The van der Waals surface area contributed by atoms with Crippen molar-refractivity contribution in [3.63, 3.8) is 0 Å². The third-order valence-corrected chi connectivity index (χ3v) is 3.23. The average molecular weight is 277 g/mol. The molecule has 3 nitrogen and oxygen atoms in total. The highest BCUT2D eigenvalue weighted by Crippen LogP contribution is 2.23. The van der Waals surface area contributed by atoms with Crippen molar-refractivity contribution >= 4 is 24.0 Å². The van der Waals surface area contributed by atoms with Crippen LogP contribution >= 0.6 is 24.0 Å². The molecule has 0 aromatic heterocycles. The van der Waals surface area contributed by atoms with E-state index in [4.69, 9.17) is 11.6 Å². The highest BCUT2D eigenvalue weighted by molar-refractivity contribution is 6.30. The molecule has 0 unspecified atom stereocenters. The molecule has 1 aromatic rings. The first kappa shape index (κ1) is 14.7. The number of nitrogens with one attached hydrogen (secondary N) is 1. The van der Waals surface area contributed by atoms with Gasteiger partial charge in [-0.15, -0.1) is 12.4 Å². The summed E-state index contributed by atoms with van der Waals surface area (Å²) in [6, 6.07) is 7.82. The molecule has 0 spiro atoms. The third kappa shape index (κ3) is 3.83. The molecule has 2 rings (SSSR count). The predicted octanol–water partition coefficient (Wildman–Crippen LogP) is 1.70. The Hall–Kier alpha value is -0.320. The Kier molecular flexibility index (Phi) is 6.23. The standard InChI is InChI=1S/C12H17ClN2O.ClH/c13-11-3-1-2-10(8-11)12(9-16)15-6-4-14-5-7-15;/h1-3,8,12,14,16H,4-7,9H2;1H/t12-;/m0./s1. The van der Waals surface area contributed by atoms with Crippen LogP contribution in [0.15, 0.2) is 24.3 Å². The number of hydrogen-bond donors (Lipinski definition) is 2. The molecule has 1 fully saturated rings. The summed E-state index contributed by atoms with van der Waals surface area (Å²) in [5.41, 5.74) is 1.09. The van der Waals surface area contributed by atoms with E-state index >= 15 is 0 Å². The Bertz CT molecular complexity index is 343. The summed E-state index contributed by atoms with van der Waals surface area (Å²) >= 11 is 5.97. The van der Waals surface area contributed by atoms with Gasteiger partial charge in [-0.05, 0) is 17.7 Å². The van der Waals surface area contributed by atoms with Crippen molar-refractivity contribution in [3.8, 4) is 0 Å². The Morgan fingerprint density at radius 2 is 2.06 bits per heavy atom. The lowest BCUT2D eigenvalue weighted by Crippen LogP contribution is -2.46. The van der Waals surface area contributed by atoms with Crippen LogP contribution in [0.2, 0.25) is 5.02 Å². The molecule has 2 N–H and O–H groups in total. The number of rotatable bonds is 3. The van der Waals surface area contributed by atoms with Gasteiger partial charge in [0, 0.05) is 31.2 Å². The van der Waals surface area contributed by atoms with Gasteiger partial charge in [0.05, 0.1) is 12.6 Å². The van der Waals surface area contributed by atoms with Gasteiger partial charge in [-0.1, -0.05) is 23.7 Å². The smallest absolute Gasteiger partial charge is 0.0628 e.